The normalized spacial score (nSPS) is 11.1. The van der Waals surface area contributed by atoms with Crippen molar-refractivity contribution in [2.75, 3.05) is 17.7 Å². The van der Waals surface area contributed by atoms with Crippen molar-refractivity contribution in [1.82, 2.24) is 9.97 Å². The number of hydrogen-bond donors (Lipinski definition) is 2. The average Bonchev–Trinajstić information content (AvgIpc) is 2.37. The van der Waals surface area contributed by atoms with Crippen LogP contribution < -0.4 is 15.4 Å². The van der Waals surface area contributed by atoms with E-state index in [4.69, 9.17) is 16.3 Å². The van der Waals surface area contributed by atoms with Gasteiger partial charge >= 0.3 is 0 Å². The third-order valence-corrected chi connectivity index (χ3v) is 2.80. The number of hydrogen-bond acceptors (Lipinski definition) is 5. The molecule has 0 saturated heterocycles. The van der Waals surface area contributed by atoms with E-state index >= 15 is 0 Å². The molecular formula is C15H19ClN4O. The molecule has 1 heterocycles. The zero-order chi connectivity index (χ0) is 15.5. The lowest BCUT2D eigenvalue weighted by Gasteiger charge is -2.21. The average molecular weight is 307 g/mol. The molecule has 1 aromatic carbocycles. The first-order valence-corrected chi connectivity index (χ1v) is 6.97. The molecule has 0 atom stereocenters. The van der Waals surface area contributed by atoms with E-state index in [1.807, 2.05) is 6.07 Å². The Hall–Kier alpha value is -2.01. The maximum atomic E-state index is 6.01. The van der Waals surface area contributed by atoms with Gasteiger partial charge in [-0.1, -0.05) is 11.6 Å². The second-order valence-corrected chi connectivity index (χ2v) is 6.05. The van der Waals surface area contributed by atoms with E-state index in [0.717, 1.165) is 11.5 Å². The van der Waals surface area contributed by atoms with Crippen molar-refractivity contribution in [3.05, 3.63) is 35.5 Å². The van der Waals surface area contributed by atoms with E-state index < -0.39 is 0 Å². The SMILES string of the molecule is COc1ccc(Cl)cc1Nc1nccc(NC(C)(C)C)n1. The fourth-order valence-electron chi connectivity index (χ4n) is 1.77. The number of halogens is 1. The van der Waals surface area contributed by atoms with Crippen LogP contribution in [0.25, 0.3) is 0 Å². The lowest BCUT2D eigenvalue weighted by molar-refractivity contribution is 0.417. The van der Waals surface area contributed by atoms with Gasteiger partial charge in [0.1, 0.15) is 11.6 Å². The molecule has 6 heteroatoms. The lowest BCUT2D eigenvalue weighted by atomic mass is 10.1. The molecule has 21 heavy (non-hydrogen) atoms. The van der Waals surface area contributed by atoms with Gasteiger partial charge in [-0.05, 0) is 45.0 Å². The number of anilines is 3. The highest BCUT2D eigenvalue weighted by Gasteiger charge is 2.11. The second-order valence-electron chi connectivity index (χ2n) is 5.61. The van der Waals surface area contributed by atoms with Gasteiger partial charge in [-0.3, -0.25) is 0 Å². The van der Waals surface area contributed by atoms with E-state index in [1.165, 1.54) is 0 Å². The van der Waals surface area contributed by atoms with Gasteiger partial charge in [-0.2, -0.15) is 4.98 Å². The van der Waals surface area contributed by atoms with Gasteiger partial charge in [0.25, 0.3) is 0 Å². The monoisotopic (exact) mass is 306 g/mol. The van der Waals surface area contributed by atoms with Crippen molar-refractivity contribution in [2.24, 2.45) is 0 Å². The molecule has 1 aromatic heterocycles. The molecule has 0 radical (unpaired) electrons. The zero-order valence-corrected chi connectivity index (χ0v) is 13.3. The summed E-state index contributed by atoms with van der Waals surface area (Å²) >= 11 is 6.01. The van der Waals surface area contributed by atoms with Crippen molar-refractivity contribution in [1.29, 1.82) is 0 Å². The van der Waals surface area contributed by atoms with Crippen LogP contribution in [0, 0.1) is 0 Å². The first-order chi connectivity index (χ1) is 9.87. The Kier molecular flexibility index (Phi) is 4.53. The Labute approximate surface area is 129 Å². The van der Waals surface area contributed by atoms with E-state index in [1.54, 1.807) is 31.5 Å². The van der Waals surface area contributed by atoms with Crippen LogP contribution in [-0.4, -0.2) is 22.6 Å². The Morgan fingerprint density at radius 1 is 1.19 bits per heavy atom. The van der Waals surface area contributed by atoms with Gasteiger partial charge in [0.2, 0.25) is 5.95 Å². The van der Waals surface area contributed by atoms with Crippen LogP contribution in [0.1, 0.15) is 20.8 Å². The molecule has 0 saturated carbocycles. The quantitative estimate of drug-likeness (QED) is 0.891. The first kappa shape index (κ1) is 15.4. The van der Waals surface area contributed by atoms with Crippen molar-refractivity contribution < 1.29 is 4.74 Å². The summed E-state index contributed by atoms with van der Waals surface area (Å²) in [5.41, 5.74) is 0.650. The predicted molar refractivity (Wildman–Crippen MR) is 86.7 cm³/mol. The molecule has 0 aliphatic carbocycles. The molecule has 0 amide bonds. The second kappa shape index (κ2) is 6.18. The molecule has 112 valence electrons. The standard InChI is InChI=1S/C15H19ClN4O/c1-15(2,3)20-13-7-8-17-14(19-13)18-11-9-10(16)5-6-12(11)21-4/h5-9H,1-4H3,(H2,17,18,19,20). The maximum absolute atomic E-state index is 6.01. The summed E-state index contributed by atoms with van der Waals surface area (Å²) in [5, 5.41) is 7.03. The molecule has 5 nitrogen and oxygen atoms in total. The largest absolute Gasteiger partial charge is 0.495 e. The summed E-state index contributed by atoms with van der Waals surface area (Å²) in [6.07, 6.45) is 1.69. The molecule has 0 aliphatic rings. The molecule has 0 fully saturated rings. The summed E-state index contributed by atoms with van der Waals surface area (Å²) in [7, 11) is 1.60. The Morgan fingerprint density at radius 2 is 1.95 bits per heavy atom. The number of nitrogens with one attached hydrogen (secondary N) is 2. The predicted octanol–water partition coefficient (Wildman–Crippen LogP) is 4.09. The van der Waals surface area contributed by atoms with Crippen LogP contribution in [-0.2, 0) is 0 Å². The van der Waals surface area contributed by atoms with E-state index in [9.17, 15) is 0 Å². The molecule has 2 rings (SSSR count). The topological polar surface area (TPSA) is 59.1 Å². The molecule has 2 N–H and O–H groups in total. The minimum atomic E-state index is -0.0701. The maximum Gasteiger partial charge on any atom is 0.229 e. The van der Waals surface area contributed by atoms with Crippen LogP contribution in [0.4, 0.5) is 17.5 Å². The molecule has 0 spiro atoms. The summed E-state index contributed by atoms with van der Waals surface area (Å²) in [4.78, 5) is 8.64. The van der Waals surface area contributed by atoms with Crippen LogP contribution in [0.15, 0.2) is 30.5 Å². The number of methoxy groups -OCH3 is 1. The minimum Gasteiger partial charge on any atom is -0.495 e. The summed E-state index contributed by atoms with van der Waals surface area (Å²) < 4.78 is 5.29. The lowest BCUT2D eigenvalue weighted by Crippen LogP contribution is -2.26. The third kappa shape index (κ3) is 4.49. The van der Waals surface area contributed by atoms with Gasteiger partial charge in [0.15, 0.2) is 0 Å². The third-order valence-electron chi connectivity index (χ3n) is 2.57. The molecule has 2 aromatic rings. The highest BCUT2D eigenvalue weighted by Crippen LogP contribution is 2.29. The Bertz CT molecular complexity index is 625. The fourth-order valence-corrected chi connectivity index (χ4v) is 1.94. The van der Waals surface area contributed by atoms with Crippen LogP contribution in [0.5, 0.6) is 5.75 Å². The Morgan fingerprint density at radius 3 is 2.62 bits per heavy atom. The van der Waals surface area contributed by atoms with Crippen LogP contribution >= 0.6 is 11.6 Å². The van der Waals surface area contributed by atoms with Gasteiger partial charge in [-0.15, -0.1) is 0 Å². The van der Waals surface area contributed by atoms with Gasteiger partial charge in [-0.25, -0.2) is 4.98 Å². The van der Waals surface area contributed by atoms with E-state index in [0.29, 0.717) is 16.7 Å². The highest BCUT2D eigenvalue weighted by atomic mass is 35.5. The summed E-state index contributed by atoms with van der Waals surface area (Å²) in [5.74, 6) is 1.91. The number of aromatic nitrogens is 2. The number of ether oxygens (including phenoxy) is 1. The molecule has 0 bridgehead atoms. The minimum absolute atomic E-state index is 0.0701. The zero-order valence-electron chi connectivity index (χ0n) is 12.6. The molecule has 0 unspecified atom stereocenters. The van der Waals surface area contributed by atoms with E-state index in [-0.39, 0.29) is 5.54 Å². The number of nitrogens with zero attached hydrogens (tertiary/aromatic N) is 2. The molecular weight excluding hydrogens is 288 g/mol. The molecule has 0 aliphatic heterocycles. The van der Waals surface area contributed by atoms with Crippen molar-refractivity contribution in [3.63, 3.8) is 0 Å². The van der Waals surface area contributed by atoms with Crippen molar-refractivity contribution in [3.8, 4) is 5.75 Å². The van der Waals surface area contributed by atoms with Gasteiger partial charge in [0.05, 0.1) is 12.8 Å². The summed E-state index contributed by atoms with van der Waals surface area (Å²) in [6, 6.07) is 7.16. The van der Waals surface area contributed by atoms with Crippen molar-refractivity contribution in [2.45, 2.75) is 26.3 Å². The Balaban J connectivity index is 2.24. The number of rotatable bonds is 4. The van der Waals surface area contributed by atoms with E-state index in [2.05, 4.69) is 41.4 Å². The van der Waals surface area contributed by atoms with Crippen molar-refractivity contribution >= 4 is 29.1 Å². The van der Waals surface area contributed by atoms with Crippen LogP contribution in [0.3, 0.4) is 0 Å². The first-order valence-electron chi connectivity index (χ1n) is 6.59. The van der Waals surface area contributed by atoms with Gasteiger partial charge < -0.3 is 15.4 Å². The van der Waals surface area contributed by atoms with Crippen LogP contribution in [0.2, 0.25) is 5.02 Å². The fraction of sp³-hybridized carbons (Fsp3) is 0.333. The number of benzene rings is 1. The van der Waals surface area contributed by atoms with Gasteiger partial charge in [0, 0.05) is 16.8 Å². The highest BCUT2D eigenvalue weighted by molar-refractivity contribution is 6.30. The summed E-state index contributed by atoms with van der Waals surface area (Å²) in [6.45, 7) is 6.21. The smallest absolute Gasteiger partial charge is 0.229 e.